The van der Waals surface area contributed by atoms with Crippen LogP contribution in [-0.2, 0) is 0 Å². The second-order valence-electron chi connectivity index (χ2n) is 6.13. The number of allylic oxidation sites excluding steroid dienone is 4. The van der Waals surface area contributed by atoms with Crippen molar-refractivity contribution in [3.8, 4) is 11.8 Å². The van der Waals surface area contributed by atoms with Crippen molar-refractivity contribution in [2.75, 3.05) is 6.61 Å². The third kappa shape index (κ3) is 4.46. The molecule has 0 aliphatic heterocycles. The molecule has 0 spiro atoms. The van der Waals surface area contributed by atoms with Crippen LogP contribution in [0.2, 0.25) is 0 Å². The lowest BCUT2D eigenvalue weighted by atomic mass is 10.0. The number of aromatic nitrogens is 2. The van der Waals surface area contributed by atoms with Gasteiger partial charge in [0.2, 0.25) is 0 Å². The highest BCUT2D eigenvalue weighted by Gasteiger charge is 2.10. The maximum absolute atomic E-state index is 9.67. The van der Waals surface area contributed by atoms with Crippen molar-refractivity contribution >= 4 is 22.6 Å². The average molecular weight is 367 g/mol. The Bertz CT molecular complexity index is 1100. The topological polar surface area (TPSA) is 61.7 Å². The van der Waals surface area contributed by atoms with Gasteiger partial charge in [0.15, 0.2) is 0 Å². The Kier molecular flexibility index (Phi) is 6.22. The summed E-state index contributed by atoms with van der Waals surface area (Å²) in [5.74, 6) is 0.742. The molecule has 0 saturated heterocycles. The SMILES string of the molecule is C=C/C=C(\C=C/C)COc1ccc2[nH]cc(/C(C#N)=C/c3cccnc3)c2c1. The van der Waals surface area contributed by atoms with Crippen molar-refractivity contribution < 1.29 is 4.74 Å². The highest BCUT2D eigenvalue weighted by Crippen LogP contribution is 2.29. The van der Waals surface area contributed by atoms with Crippen LogP contribution in [0.15, 0.2) is 85.4 Å². The molecule has 4 nitrogen and oxygen atoms in total. The van der Waals surface area contributed by atoms with Crippen molar-refractivity contribution in [2.24, 2.45) is 0 Å². The van der Waals surface area contributed by atoms with Crippen LogP contribution in [-0.4, -0.2) is 16.6 Å². The molecular weight excluding hydrogens is 346 g/mol. The number of rotatable bonds is 7. The number of aromatic amines is 1. The summed E-state index contributed by atoms with van der Waals surface area (Å²) < 4.78 is 5.94. The van der Waals surface area contributed by atoms with Gasteiger partial charge in [-0.05, 0) is 48.4 Å². The molecule has 0 bridgehead atoms. The fraction of sp³-hybridized carbons (Fsp3) is 0.0833. The van der Waals surface area contributed by atoms with Gasteiger partial charge in [0.1, 0.15) is 12.4 Å². The van der Waals surface area contributed by atoms with Crippen LogP contribution < -0.4 is 4.74 Å². The molecule has 138 valence electrons. The number of hydrogen-bond donors (Lipinski definition) is 1. The van der Waals surface area contributed by atoms with E-state index in [2.05, 4.69) is 22.6 Å². The average Bonchev–Trinajstić information content (AvgIpc) is 3.14. The fourth-order valence-electron chi connectivity index (χ4n) is 2.89. The minimum absolute atomic E-state index is 0.443. The van der Waals surface area contributed by atoms with Crippen LogP contribution >= 0.6 is 0 Å². The molecule has 0 unspecified atom stereocenters. The first-order valence-electron chi connectivity index (χ1n) is 8.95. The van der Waals surface area contributed by atoms with Crippen molar-refractivity contribution in [2.45, 2.75) is 6.92 Å². The molecular formula is C24H21N3O. The highest BCUT2D eigenvalue weighted by atomic mass is 16.5. The van der Waals surface area contributed by atoms with Crippen molar-refractivity contribution in [1.82, 2.24) is 9.97 Å². The maximum atomic E-state index is 9.67. The second kappa shape index (κ2) is 9.20. The monoisotopic (exact) mass is 367 g/mol. The summed E-state index contributed by atoms with van der Waals surface area (Å²) in [6.07, 6.45) is 14.7. The first-order valence-corrected chi connectivity index (χ1v) is 8.95. The lowest BCUT2D eigenvalue weighted by Gasteiger charge is -2.07. The fourth-order valence-corrected chi connectivity index (χ4v) is 2.89. The number of nitriles is 1. The van der Waals surface area contributed by atoms with E-state index < -0.39 is 0 Å². The van der Waals surface area contributed by atoms with E-state index in [0.29, 0.717) is 12.2 Å². The minimum atomic E-state index is 0.443. The molecule has 0 fully saturated rings. The number of H-pyrrole nitrogens is 1. The smallest absolute Gasteiger partial charge is 0.120 e. The Morgan fingerprint density at radius 2 is 2.25 bits per heavy atom. The summed E-state index contributed by atoms with van der Waals surface area (Å²) in [6.45, 7) is 6.14. The summed E-state index contributed by atoms with van der Waals surface area (Å²) in [5.41, 5.74) is 4.26. The molecule has 0 aliphatic carbocycles. The molecule has 4 heteroatoms. The molecule has 0 aliphatic rings. The minimum Gasteiger partial charge on any atom is -0.489 e. The van der Waals surface area contributed by atoms with Gasteiger partial charge < -0.3 is 9.72 Å². The highest BCUT2D eigenvalue weighted by molar-refractivity contribution is 6.01. The molecule has 3 rings (SSSR count). The Balaban J connectivity index is 1.92. The van der Waals surface area contributed by atoms with Gasteiger partial charge in [0, 0.05) is 35.1 Å². The zero-order valence-corrected chi connectivity index (χ0v) is 15.7. The lowest BCUT2D eigenvalue weighted by molar-refractivity contribution is 0.356. The number of fused-ring (bicyclic) bond motifs is 1. The van der Waals surface area contributed by atoms with Gasteiger partial charge in [-0.2, -0.15) is 5.26 Å². The Morgan fingerprint density at radius 3 is 2.96 bits per heavy atom. The lowest BCUT2D eigenvalue weighted by Crippen LogP contribution is -1.99. The maximum Gasteiger partial charge on any atom is 0.120 e. The zero-order valence-electron chi connectivity index (χ0n) is 15.7. The number of hydrogen-bond acceptors (Lipinski definition) is 3. The molecule has 0 amide bonds. The van der Waals surface area contributed by atoms with Gasteiger partial charge >= 0.3 is 0 Å². The van der Waals surface area contributed by atoms with Gasteiger partial charge in [-0.3, -0.25) is 4.98 Å². The van der Waals surface area contributed by atoms with Crippen LogP contribution in [0.3, 0.4) is 0 Å². The van der Waals surface area contributed by atoms with Crippen molar-refractivity contribution in [3.63, 3.8) is 0 Å². The third-order valence-electron chi connectivity index (χ3n) is 4.18. The summed E-state index contributed by atoms with van der Waals surface area (Å²) in [5, 5.41) is 10.6. The number of benzene rings is 1. The molecule has 3 aromatic rings. The molecule has 0 atom stereocenters. The molecule has 2 aromatic heterocycles. The standard InChI is InChI=1S/C24H21N3O/c1-3-6-18(7-4-2)17-28-21-9-10-24-22(13-21)23(16-27-24)20(14-25)12-19-8-5-11-26-15-19/h3-13,15-16,27H,1,17H2,2H3/b7-4-,18-6+,20-12+. The van der Waals surface area contributed by atoms with Crippen LogP contribution in [0.1, 0.15) is 18.1 Å². The van der Waals surface area contributed by atoms with E-state index in [1.165, 1.54) is 0 Å². The summed E-state index contributed by atoms with van der Waals surface area (Å²) in [7, 11) is 0. The largest absolute Gasteiger partial charge is 0.489 e. The van der Waals surface area contributed by atoms with Gasteiger partial charge in [-0.15, -0.1) is 0 Å². The number of nitrogens with zero attached hydrogens (tertiary/aromatic N) is 2. The van der Waals surface area contributed by atoms with Crippen LogP contribution in [0.25, 0.3) is 22.6 Å². The Hall–Kier alpha value is -3.84. The number of nitrogens with one attached hydrogen (secondary N) is 1. The number of ether oxygens (including phenoxy) is 1. The number of pyridine rings is 1. The summed E-state index contributed by atoms with van der Waals surface area (Å²) >= 11 is 0. The van der Waals surface area contributed by atoms with Crippen LogP contribution in [0.4, 0.5) is 0 Å². The molecule has 2 heterocycles. The molecule has 1 aromatic carbocycles. The van der Waals surface area contributed by atoms with E-state index in [1.807, 2.05) is 67.8 Å². The molecule has 1 N–H and O–H groups in total. The predicted molar refractivity (Wildman–Crippen MR) is 115 cm³/mol. The van der Waals surface area contributed by atoms with Gasteiger partial charge in [-0.1, -0.05) is 36.9 Å². The van der Waals surface area contributed by atoms with E-state index in [0.717, 1.165) is 33.4 Å². The molecule has 0 radical (unpaired) electrons. The van der Waals surface area contributed by atoms with Gasteiger partial charge in [-0.25, -0.2) is 0 Å². The Morgan fingerprint density at radius 1 is 1.36 bits per heavy atom. The van der Waals surface area contributed by atoms with E-state index in [4.69, 9.17) is 4.74 Å². The second-order valence-corrected chi connectivity index (χ2v) is 6.13. The quantitative estimate of drug-likeness (QED) is 0.431. The van der Waals surface area contributed by atoms with E-state index in [1.54, 1.807) is 18.5 Å². The van der Waals surface area contributed by atoms with Crippen LogP contribution in [0.5, 0.6) is 5.75 Å². The van der Waals surface area contributed by atoms with E-state index in [9.17, 15) is 5.26 Å². The zero-order chi connectivity index (χ0) is 19.8. The van der Waals surface area contributed by atoms with E-state index in [-0.39, 0.29) is 0 Å². The van der Waals surface area contributed by atoms with Crippen LogP contribution in [0, 0.1) is 11.3 Å². The van der Waals surface area contributed by atoms with Crippen molar-refractivity contribution in [1.29, 1.82) is 5.26 Å². The predicted octanol–water partition coefficient (Wildman–Crippen LogP) is 5.69. The molecule has 0 saturated carbocycles. The van der Waals surface area contributed by atoms with E-state index >= 15 is 0 Å². The normalized spacial score (nSPS) is 12.3. The first-order chi connectivity index (χ1) is 13.7. The molecule has 28 heavy (non-hydrogen) atoms. The summed E-state index contributed by atoms with van der Waals surface area (Å²) in [6, 6.07) is 11.9. The summed E-state index contributed by atoms with van der Waals surface area (Å²) in [4.78, 5) is 7.32. The van der Waals surface area contributed by atoms with Crippen molar-refractivity contribution in [3.05, 3.63) is 96.5 Å². The Labute approximate surface area is 164 Å². The third-order valence-corrected chi connectivity index (χ3v) is 4.18. The van der Waals surface area contributed by atoms with Gasteiger partial charge in [0.05, 0.1) is 11.6 Å². The van der Waals surface area contributed by atoms with Gasteiger partial charge in [0.25, 0.3) is 0 Å². The first kappa shape index (κ1) is 18.9.